The summed E-state index contributed by atoms with van der Waals surface area (Å²) < 4.78 is 0. The van der Waals surface area contributed by atoms with Gasteiger partial charge >= 0.3 is 12.0 Å². The van der Waals surface area contributed by atoms with E-state index in [0.717, 1.165) is 44.0 Å². The van der Waals surface area contributed by atoms with Gasteiger partial charge in [0.05, 0.1) is 0 Å². The Labute approximate surface area is 184 Å². The highest BCUT2D eigenvalue weighted by molar-refractivity contribution is 5.79. The minimum Gasteiger partial charge on any atom is -0.480 e. The first-order valence-corrected chi connectivity index (χ1v) is 11.1. The van der Waals surface area contributed by atoms with Crippen LogP contribution in [-0.4, -0.2) is 59.6 Å². The fraction of sp³-hybridized carbons (Fsp3) is 0.440. The Morgan fingerprint density at radius 2 is 1.58 bits per heavy atom. The van der Waals surface area contributed by atoms with Gasteiger partial charge < -0.3 is 20.2 Å². The van der Waals surface area contributed by atoms with Crippen LogP contribution in [0.1, 0.15) is 30.4 Å². The van der Waals surface area contributed by atoms with Gasteiger partial charge in [-0.15, -0.1) is 0 Å². The van der Waals surface area contributed by atoms with Crippen molar-refractivity contribution in [1.29, 1.82) is 0 Å². The van der Waals surface area contributed by atoms with Crippen LogP contribution in [0.4, 0.5) is 4.79 Å². The predicted molar refractivity (Wildman–Crippen MR) is 122 cm³/mol. The molecule has 31 heavy (non-hydrogen) atoms. The number of piperidine rings is 1. The summed E-state index contributed by atoms with van der Waals surface area (Å²) in [7, 11) is 0. The van der Waals surface area contributed by atoms with Crippen molar-refractivity contribution in [2.45, 2.75) is 32.2 Å². The van der Waals surface area contributed by atoms with E-state index in [1.165, 1.54) is 18.4 Å². The number of nitrogens with zero attached hydrogens (tertiary/aromatic N) is 2. The molecule has 2 aromatic carbocycles. The Balaban J connectivity index is 1.43. The Morgan fingerprint density at radius 1 is 0.968 bits per heavy atom. The standard InChI is InChI=1S/C25H33N3O3/c29-24(30)19-26-25(31)28(20-23-10-5-2-6-11-23)15-7-14-27-16-12-22(13-17-27)18-21-8-3-1-4-9-21/h1-6,8-11,22H,7,12-20H2,(H,26,31)(H,29,30). The normalized spacial score (nSPS) is 14.8. The van der Waals surface area contributed by atoms with E-state index < -0.39 is 5.97 Å². The second-order valence-corrected chi connectivity index (χ2v) is 8.29. The number of hydrogen-bond acceptors (Lipinski definition) is 3. The van der Waals surface area contributed by atoms with E-state index >= 15 is 0 Å². The molecule has 2 N–H and O–H groups in total. The monoisotopic (exact) mass is 423 g/mol. The number of amides is 2. The van der Waals surface area contributed by atoms with Gasteiger partial charge in [-0.3, -0.25) is 4.79 Å². The average Bonchev–Trinajstić information content (AvgIpc) is 2.79. The van der Waals surface area contributed by atoms with Crippen LogP contribution >= 0.6 is 0 Å². The van der Waals surface area contributed by atoms with Crippen molar-refractivity contribution < 1.29 is 14.7 Å². The van der Waals surface area contributed by atoms with Crippen molar-refractivity contribution in [3.63, 3.8) is 0 Å². The fourth-order valence-electron chi connectivity index (χ4n) is 4.17. The van der Waals surface area contributed by atoms with Gasteiger partial charge in [0, 0.05) is 13.1 Å². The highest BCUT2D eigenvalue weighted by atomic mass is 16.4. The third-order valence-corrected chi connectivity index (χ3v) is 5.87. The molecule has 0 spiro atoms. The van der Waals surface area contributed by atoms with Crippen LogP contribution in [-0.2, 0) is 17.8 Å². The molecule has 0 aromatic heterocycles. The largest absolute Gasteiger partial charge is 0.480 e. The number of urea groups is 1. The van der Waals surface area contributed by atoms with Gasteiger partial charge in [-0.05, 0) is 62.4 Å². The summed E-state index contributed by atoms with van der Waals surface area (Å²) in [6.45, 7) is 3.87. The van der Waals surface area contributed by atoms with Crippen LogP contribution in [0.3, 0.4) is 0 Å². The molecule has 1 fully saturated rings. The minimum atomic E-state index is -1.04. The van der Waals surface area contributed by atoms with Crippen molar-refractivity contribution in [1.82, 2.24) is 15.1 Å². The summed E-state index contributed by atoms with van der Waals surface area (Å²) in [5.74, 6) is -0.290. The maximum Gasteiger partial charge on any atom is 0.323 e. The first-order valence-electron chi connectivity index (χ1n) is 11.1. The van der Waals surface area contributed by atoms with Gasteiger partial charge in [0.25, 0.3) is 0 Å². The van der Waals surface area contributed by atoms with E-state index in [-0.39, 0.29) is 12.6 Å². The molecule has 1 saturated heterocycles. The summed E-state index contributed by atoms with van der Waals surface area (Å²) in [5.41, 5.74) is 2.46. The molecule has 0 bridgehead atoms. The second-order valence-electron chi connectivity index (χ2n) is 8.29. The number of aliphatic carboxylic acids is 1. The molecule has 2 amide bonds. The summed E-state index contributed by atoms with van der Waals surface area (Å²) in [4.78, 5) is 27.5. The molecular formula is C25H33N3O3. The van der Waals surface area contributed by atoms with E-state index in [1.807, 2.05) is 30.3 Å². The zero-order valence-corrected chi connectivity index (χ0v) is 18.1. The van der Waals surface area contributed by atoms with E-state index in [1.54, 1.807) is 4.90 Å². The van der Waals surface area contributed by atoms with Crippen LogP contribution in [0, 0.1) is 5.92 Å². The molecule has 1 aliphatic heterocycles. The first kappa shape index (κ1) is 22.8. The zero-order chi connectivity index (χ0) is 21.9. The number of benzene rings is 2. The van der Waals surface area contributed by atoms with E-state index in [2.05, 4.69) is 40.5 Å². The number of rotatable bonds is 10. The molecule has 0 radical (unpaired) electrons. The van der Waals surface area contributed by atoms with E-state index in [9.17, 15) is 9.59 Å². The average molecular weight is 424 g/mol. The molecule has 0 unspecified atom stereocenters. The van der Waals surface area contributed by atoms with Crippen LogP contribution in [0.15, 0.2) is 60.7 Å². The minimum absolute atomic E-state index is 0.326. The maximum absolute atomic E-state index is 12.5. The molecule has 0 aliphatic carbocycles. The van der Waals surface area contributed by atoms with Crippen molar-refractivity contribution in [3.05, 3.63) is 71.8 Å². The van der Waals surface area contributed by atoms with Crippen molar-refractivity contribution in [2.24, 2.45) is 5.92 Å². The van der Waals surface area contributed by atoms with Crippen LogP contribution in [0.25, 0.3) is 0 Å². The number of carboxylic acids is 1. The Hall–Kier alpha value is -2.86. The molecule has 1 aliphatic rings. The summed E-state index contributed by atoms with van der Waals surface area (Å²) in [6.07, 6.45) is 4.45. The Kier molecular flexibility index (Phi) is 8.91. The summed E-state index contributed by atoms with van der Waals surface area (Å²) in [5, 5.41) is 11.3. The maximum atomic E-state index is 12.5. The molecule has 0 saturated carbocycles. The van der Waals surface area contributed by atoms with Crippen molar-refractivity contribution in [2.75, 3.05) is 32.7 Å². The molecular weight excluding hydrogens is 390 g/mol. The third kappa shape index (κ3) is 8.06. The molecule has 2 aromatic rings. The summed E-state index contributed by atoms with van der Waals surface area (Å²) in [6, 6.07) is 20.2. The predicted octanol–water partition coefficient (Wildman–Crippen LogP) is 3.63. The van der Waals surface area contributed by atoms with Gasteiger partial charge in [-0.25, -0.2) is 4.79 Å². The summed E-state index contributed by atoms with van der Waals surface area (Å²) >= 11 is 0. The lowest BCUT2D eigenvalue weighted by molar-refractivity contribution is -0.135. The molecule has 0 atom stereocenters. The number of likely N-dealkylation sites (tertiary alicyclic amines) is 1. The lowest BCUT2D eigenvalue weighted by atomic mass is 9.90. The van der Waals surface area contributed by atoms with Gasteiger partial charge in [0.1, 0.15) is 6.54 Å². The topological polar surface area (TPSA) is 72.9 Å². The van der Waals surface area contributed by atoms with E-state index in [0.29, 0.717) is 13.1 Å². The van der Waals surface area contributed by atoms with Crippen LogP contribution in [0.5, 0.6) is 0 Å². The molecule has 1 heterocycles. The molecule has 166 valence electrons. The fourth-order valence-corrected chi connectivity index (χ4v) is 4.17. The highest BCUT2D eigenvalue weighted by Gasteiger charge is 2.20. The second kappa shape index (κ2) is 12.1. The third-order valence-electron chi connectivity index (χ3n) is 5.87. The lowest BCUT2D eigenvalue weighted by Gasteiger charge is -2.32. The van der Waals surface area contributed by atoms with Gasteiger partial charge in [0.15, 0.2) is 0 Å². The number of carbonyl (C=O) groups excluding carboxylic acids is 1. The first-order chi connectivity index (χ1) is 15.1. The number of carboxylic acid groups (broad SMARTS) is 1. The smallest absolute Gasteiger partial charge is 0.323 e. The number of carbonyl (C=O) groups is 2. The molecule has 6 nitrogen and oxygen atoms in total. The Morgan fingerprint density at radius 3 is 2.19 bits per heavy atom. The zero-order valence-electron chi connectivity index (χ0n) is 18.1. The van der Waals surface area contributed by atoms with Gasteiger partial charge in [-0.2, -0.15) is 0 Å². The van der Waals surface area contributed by atoms with Crippen LogP contribution < -0.4 is 5.32 Å². The van der Waals surface area contributed by atoms with Crippen LogP contribution in [0.2, 0.25) is 0 Å². The van der Waals surface area contributed by atoms with Gasteiger partial charge in [0.2, 0.25) is 0 Å². The SMILES string of the molecule is O=C(O)CNC(=O)N(CCCN1CCC(Cc2ccccc2)CC1)Cc1ccccc1. The molecule has 6 heteroatoms. The lowest BCUT2D eigenvalue weighted by Crippen LogP contribution is -2.43. The van der Waals surface area contributed by atoms with E-state index in [4.69, 9.17) is 5.11 Å². The number of nitrogens with one attached hydrogen (secondary N) is 1. The number of hydrogen-bond donors (Lipinski definition) is 2. The van der Waals surface area contributed by atoms with Gasteiger partial charge in [-0.1, -0.05) is 60.7 Å². The van der Waals surface area contributed by atoms with Crippen molar-refractivity contribution >= 4 is 12.0 Å². The molecule has 3 rings (SSSR count). The Bertz CT molecular complexity index is 805. The van der Waals surface area contributed by atoms with Crippen molar-refractivity contribution in [3.8, 4) is 0 Å². The quantitative estimate of drug-likeness (QED) is 0.612. The highest BCUT2D eigenvalue weighted by Crippen LogP contribution is 2.21.